The number of nitrogens with zero attached hydrogens (tertiary/aromatic N) is 4. The lowest BCUT2D eigenvalue weighted by molar-refractivity contribution is 0.0752. The lowest BCUT2D eigenvalue weighted by atomic mass is 9.99. The van der Waals surface area contributed by atoms with Gasteiger partial charge in [-0.25, -0.2) is 4.98 Å². The molecule has 0 spiro atoms. The van der Waals surface area contributed by atoms with Gasteiger partial charge in [-0.3, -0.25) is 9.59 Å². The molecular formula is C25H22N6O2S2. The predicted molar refractivity (Wildman–Crippen MR) is 141 cm³/mol. The average Bonchev–Trinajstić information content (AvgIpc) is 3.51. The maximum Gasteiger partial charge on any atom is 0.266 e. The van der Waals surface area contributed by atoms with Gasteiger partial charge in [-0.05, 0) is 53.6 Å². The summed E-state index contributed by atoms with van der Waals surface area (Å²) in [7, 11) is 0. The molecule has 1 saturated heterocycles. The Kier molecular flexibility index (Phi) is 5.88. The van der Waals surface area contributed by atoms with Crippen molar-refractivity contribution < 1.29 is 9.59 Å². The summed E-state index contributed by atoms with van der Waals surface area (Å²) in [5.41, 5.74) is 16.4. The number of hydrogen-bond donors (Lipinski definition) is 2. The Morgan fingerprint density at radius 3 is 2.40 bits per heavy atom. The van der Waals surface area contributed by atoms with E-state index in [-0.39, 0.29) is 23.1 Å². The summed E-state index contributed by atoms with van der Waals surface area (Å²) < 4.78 is 0. The van der Waals surface area contributed by atoms with Crippen LogP contribution in [0.2, 0.25) is 0 Å². The molecule has 0 aliphatic carbocycles. The van der Waals surface area contributed by atoms with Gasteiger partial charge in [0, 0.05) is 48.4 Å². The van der Waals surface area contributed by atoms with Crippen LogP contribution in [0.25, 0.3) is 21.3 Å². The van der Waals surface area contributed by atoms with Crippen LogP contribution in [-0.4, -0.2) is 47.8 Å². The fraction of sp³-hybridized carbons (Fsp3) is 0.200. The van der Waals surface area contributed by atoms with E-state index < -0.39 is 0 Å². The number of amides is 1. The lowest BCUT2D eigenvalue weighted by Crippen LogP contribution is -2.48. The van der Waals surface area contributed by atoms with Crippen LogP contribution >= 0.6 is 22.7 Å². The number of pyridine rings is 1. The largest absolute Gasteiger partial charge is 0.397 e. The predicted octanol–water partition coefficient (Wildman–Crippen LogP) is 4.23. The number of Topliss-reactive ketones (excluding diaryl/α,β-unsaturated/α-hetero) is 1. The highest BCUT2D eigenvalue weighted by molar-refractivity contribution is 7.21. The van der Waals surface area contributed by atoms with E-state index in [0.717, 1.165) is 11.3 Å². The van der Waals surface area contributed by atoms with E-state index >= 15 is 0 Å². The molecule has 1 fully saturated rings. The number of anilines is 3. The van der Waals surface area contributed by atoms with Crippen molar-refractivity contribution in [3.05, 3.63) is 57.1 Å². The second-order valence-corrected chi connectivity index (χ2v) is 10.1. The van der Waals surface area contributed by atoms with E-state index in [1.807, 2.05) is 41.1 Å². The maximum absolute atomic E-state index is 13.5. The average molecular weight is 503 g/mol. The van der Waals surface area contributed by atoms with Crippen molar-refractivity contribution in [2.45, 2.75) is 6.92 Å². The zero-order valence-electron chi connectivity index (χ0n) is 18.9. The van der Waals surface area contributed by atoms with E-state index in [9.17, 15) is 14.9 Å². The van der Waals surface area contributed by atoms with E-state index in [2.05, 4.69) is 16.0 Å². The molecule has 0 radical (unpaired) electrons. The molecule has 0 unspecified atom stereocenters. The SMILES string of the molecule is CC(=O)c1ccc(N2CCN(C(=O)c3sc4nc(N)c(C#N)c(-c5ccsc5)c4c3N)CC2)cc1. The van der Waals surface area contributed by atoms with Crippen LogP contribution in [0.3, 0.4) is 0 Å². The molecule has 35 heavy (non-hydrogen) atoms. The van der Waals surface area contributed by atoms with Gasteiger partial charge in [0.2, 0.25) is 0 Å². The second-order valence-electron chi connectivity index (χ2n) is 8.28. The standard InChI is InChI=1S/C25H22N6O2S2/c1-14(32)15-2-4-17(5-3-15)30-7-9-31(10-8-30)25(33)22-21(27)20-19(16-6-11-34-13-16)18(12-26)23(28)29-24(20)35-22/h2-6,11,13H,7-10,27H2,1H3,(H2,28,29). The number of nitriles is 1. The molecule has 1 aliphatic rings. The summed E-state index contributed by atoms with van der Waals surface area (Å²) in [6.07, 6.45) is 0. The molecule has 0 atom stereocenters. The van der Waals surface area contributed by atoms with Crippen molar-refractivity contribution in [2.75, 3.05) is 42.5 Å². The number of nitrogen functional groups attached to an aromatic ring is 2. The van der Waals surface area contributed by atoms with Gasteiger partial charge in [-0.15, -0.1) is 11.3 Å². The third-order valence-corrected chi connectivity index (χ3v) is 8.00. The first-order chi connectivity index (χ1) is 16.9. The molecular weight excluding hydrogens is 480 g/mol. The molecule has 176 valence electrons. The quantitative estimate of drug-likeness (QED) is 0.400. The Morgan fingerprint density at radius 2 is 1.80 bits per heavy atom. The number of nitrogens with two attached hydrogens (primary N) is 2. The molecule has 4 heterocycles. The van der Waals surface area contributed by atoms with Crippen molar-refractivity contribution in [3.8, 4) is 17.2 Å². The van der Waals surface area contributed by atoms with E-state index in [1.165, 1.54) is 22.7 Å². The summed E-state index contributed by atoms with van der Waals surface area (Å²) in [6, 6.07) is 11.6. The van der Waals surface area contributed by atoms with Gasteiger partial charge in [-0.1, -0.05) is 0 Å². The van der Waals surface area contributed by atoms with Gasteiger partial charge in [0.25, 0.3) is 5.91 Å². The van der Waals surface area contributed by atoms with Gasteiger partial charge < -0.3 is 21.3 Å². The van der Waals surface area contributed by atoms with Crippen LogP contribution in [0.5, 0.6) is 0 Å². The molecule has 1 amide bonds. The number of aromatic nitrogens is 1. The smallest absolute Gasteiger partial charge is 0.266 e. The first-order valence-electron chi connectivity index (χ1n) is 11.0. The molecule has 4 aromatic rings. The van der Waals surface area contributed by atoms with E-state index in [4.69, 9.17) is 11.5 Å². The molecule has 0 saturated carbocycles. The van der Waals surface area contributed by atoms with E-state index in [0.29, 0.717) is 58.1 Å². The Hall–Kier alpha value is -3.94. The molecule has 1 aromatic carbocycles. The number of piperazine rings is 1. The third-order valence-electron chi connectivity index (χ3n) is 6.23. The highest BCUT2D eigenvalue weighted by Gasteiger charge is 2.29. The van der Waals surface area contributed by atoms with Crippen molar-refractivity contribution in [1.82, 2.24) is 9.88 Å². The zero-order valence-corrected chi connectivity index (χ0v) is 20.6. The van der Waals surface area contributed by atoms with Crippen LogP contribution in [0.1, 0.15) is 32.5 Å². The summed E-state index contributed by atoms with van der Waals surface area (Å²) >= 11 is 2.72. The first kappa shape index (κ1) is 22.8. The van der Waals surface area contributed by atoms with Crippen LogP contribution in [0.15, 0.2) is 41.1 Å². The monoisotopic (exact) mass is 502 g/mol. The van der Waals surface area contributed by atoms with Crippen LogP contribution in [0, 0.1) is 11.3 Å². The molecule has 5 rings (SSSR count). The minimum Gasteiger partial charge on any atom is -0.397 e. The topological polar surface area (TPSA) is 129 Å². The van der Waals surface area contributed by atoms with Gasteiger partial charge in [0.1, 0.15) is 27.2 Å². The highest BCUT2D eigenvalue weighted by atomic mass is 32.1. The number of hydrogen-bond acceptors (Lipinski definition) is 9. The van der Waals surface area contributed by atoms with Gasteiger partial charge in [0.05, 0.1) is 5.69 Å². The number of carbonyl (C=O) groups is 2. The van der Waals surface area contributed by atoms with Crippen molar-refractivity contribution >= 4 is 61.8 Å². The Labute approximate surface area is 210 Å². The van der Waals surface area contributed by atoms with Crippen molar-refractivity contribution in [1.29, 1.82) is 5.26 Å². The number of fused-ring (bicyclic) bond motifs is 1. The van der Waals surface area contributed by atoms with Gasteiger partial charge >= 0.3 is 0 Å². The maximum atomic E-state index is 13.5. The summed E-state index contributed by atoms with van der Waals surface area (Å²) in [5.74, 6) is 0.0180. The van der Waals surface area contributed by atoms with Gasteiger partial charge in [0.15, 0.2) is 5.78 Å². The highest BCUT2D eigenvalue weighted by Crippen LogP contribution is 2.43. The molecule has 0 bridgehead atoms. The molecule has 10 heteroatoms. The molecule has 4 N–H and O–H groups in total. The fourth-order valence-electron chi connectivity index (χ4n) is 4.36. The fourth-order valence-corrected chi connectivity index (χ4v) is 6.08. The van der Waals surface area contributed by atoms with Crippen LogP contribution in [0.4, 0.5) is 17.2 Å². The normalized spacial score (nSPS) is 13.7. The Balaban J connectivity index is 1.42. The molecule has 1 aliphatic heterocycles. The van der Waals surface area contributed by atoms with Crippen LogP contribution < -0.4 is 16.4 Å². The third kappa shape index (κ3) is 3.99. The number of carbonyl (C=O) groups excluding carboxylic acids is 2. The van der Waals surface area contributed by atoms with Gasteiger partial charge in [-0.2, -0.15) is 16.6 Å². The number of rotatable bonds is 4. The van der Waals surface area contributed by atoms with Crippen LogP contribution in [-0.2, 0) is 0 Å². The number of ketones is 1. The molecule has 3 aromatic heterocycles. The van der Waals surface area contributed by atoms with Crippen molar-refractivity contribution in [2.24, 2.45) is 0 Å². The zero-order chi connectivity index (χ0) is 24.7. The number of benzene rings is 1. The minimum absolute atomic E-state index is 0.0354. The first-order valence-corrected chi connectivity index (χ1v) is 12.7. The van der Waals surface area contributed by atoms with Crippen molar-refractivity contribution in [3.63, 3.8) is 0 Å². The Bertz CT molecular complexity index is 1480. The second kappa shape index (κ2) is 9.02. The van der Waals surface area contributed by atoms with E-state index in [1.54, 1.807) is 11.8 Å². The summed E-state index contributed by atoms with van der Waals surface area (Å²) in [5, 5.41) is 14.2. The Morgan fingerprint density at radius 1 is 1.09 bits per heavy atom. The molecule has 8 nitrogen and oxygen atoms in total. The minimum atomic E-state index is -0.148. The summed E-state index contributed by atoms with van der Waals surface area (Å²) in [4.78, 5) is 34.3. The number of thiophene rings is 2. The lowest BCUT2D eigenvalue weighted by Gasteiger charge is -2.36. The summed E-state index contributed by atoms with van der Waals surface area (Å²) in [6.45, 7) is 3.96.